The van der Waals surface area contributed by atoms with Gasteiger partial charge in [-0.1, -0.05) is 20.8 Å². The number of esters is 1. The Hall–Kier alpha value is -0.860. The van der Waals surface area contributed by atoms with E-state index in [0.29, 0.717) is 6.42 Å². The molecule has 0 amide bonds. The maximum atomic E-state index is 10.8. The van der Waals surface area contributed by atoms with Crippen LogP contribution < -0.4 is 0 Å². The molecule has 0 saturated carbocycles. The summed E-state index contributed by atoms with van der Waals surface area (Å²) in [5.41, 5.74) is -0.450. The predicted molar refractivity (Wildman–Crippen MR) is 45.6 cm³/mol. The summed E-state index contributed by atoms with van der Waals surface area (Å²) < 4.78 is 4.51. The van der Waals surface area contributed by atoms with Crippen molar-refractivity contribution in [2.75, 3.05) is 7.11 Å². The minimum absolute atomic E-state index is 0.0162. The summed E-state index contributed by atoms with van der Waals surface area (Å²) in [5, 5.41) is 0. The highest BCUT2D eigenvalue weighted by Crippen LogP contribution is 2.26. The molecule has 1 atom stereocenters. The van der Waals surface area contributed by atoms with Crippen LogP contribution in [0.3, 0.4) is 0 Å². The summed E-state index contributed by atoms with van der Waals surface area (Å²) >= 11 is 0. The lowest BCUT2D eigenvalue weighted by Crippen LogP contribution is -2.25. The zero-order valence-corrected chi connectivity index (χ0v) is 8.09. The van der Waals surface area contributed by atoms with E-state index in [-0.39, 0.29) is 11.9 Å². The van der Waals surface area contributed by atoms with Crippen LogP contribution in [0.5, 0.6) is 0 Å². The Morgan fingerprint density at radius 1 is 1.58 bits per heavy atom. The second-order valence-electron chi connectivity index (χ2n) is 3.62. The number of methoxy groups -OCH3 is 1. The average molecular weight is 172 g/mol. The number of carbonyl (C=O) groups excluding carboxylic acids is 2. The standard InChI is InChI=1S/C9H16O3/c1-7(5-8(11)12-4)9(2,3)6-10/h6-7H,5H2,1-4H3. The molecule has 0 radical (unpaired) electrons. The molecule has 0 rings (SSSR count). The molecule has 0 spiro atoms. The molecule has 1 unspecified atom stereocenters. The van der Waals surface area contributed by atoms with Crippen LogP contribution >= 0.6 is 0 Å². The van der Waals surface area contributed by atoms with Crippen LogP contribution in [0.2, 0.25) is 0 Å². The molecule has 0 saturated heterocycles. The lowest BCUT2D eigenvalue weighted by atomic mass is 9.80. The molecule has 0 aliphatic heterocycles. The Morgan fingerprint density at radius 2 is 2.08 bits per heavy atom. The van der Waals surface area contributed by atoms with Crippen molar-refractivity contribution < 1.29 is 14.3 Å². The quantitative estimate of drug-likeness (QED) is 0.475. The molecule has 0 heterocycles. The highest BCUT2D eigenvalue weighted by atomic mass is 16.5. The Kier molecular flexibility index (Phi) is 3.93. The van der Waals surface area contributed by atoms with Crippen LogP contribution in [-0.4, -0.2) is 19.4 Å². The summed E-state index contributed by atoms with van der Waals surface area (Å²) in [7, 11) is 1.35. The van der Waals surface area contributed by atoms with E-state index in [2.05, 4.69) is 4.74 Å². The van der Waals surface area contributed by atoms with Crippen LogP contribution in [-0.2, 0) is 14.3 Å². The van der Waals surface area contributed by atoms with Crippen LogP contribution in [0.4, 0.5) is 0 Å². The highest BCUT2D eigenvalue weighted by molar-refractivity contribution is 5.70. The first-order valence-corrected chi connectivity index (χ1v) is 3.97. The van der Waals surface area contributed by atoms with Crippen LogP contribution in [0.1, 0.15) is 27.2 Å². The fourth-order valence-electron chi connectivity index (χ4n) is 0.713. The van der Waals surface area contributed by atoms with Crippen molar-refractivity contribution in [1.29, 1.82) is 0 Å². The van der Waals surface area contributed by atoms with Gasteiger partial charge in [0.25, 0.3) is 0 Å². The molecule has 0 aliphatic rings. The van der Waals surface area contributed by atoms with Gasteiger partial charge in [-0.3, -0.25) is 4.79 Å². The third kappa shape index (κ3) is 3.03. The molecule has 70 valence electrons. The molecule has 3 nitrogen and oxygen atoms in total. The lowest BCUT2D eigenvalue weighted by Gasteiger charge is -2.24. The number of aldehydes is 1. The molecule has 0 N–H and O–H groups in total. The molecule has 0 aromatic rings. The maximum Gasteiger partial charge on any atom is 0.305 e. The highest BCUT2D eigenvalue weighted by Gasteiger charge is 2.27. The molecular weight excluding hydrogens is 156 g/mol. The van der Waals surface area contributed by atoms with Crippen molar-refractivity contribution in [3.63, 3.8) is 0 Å². The fourth-order valence-corrected chi connectivity index (χ4v) is 0.713. The number of hydrogen-bond donors (Lipinski definition) is 0. The van der Waals surface area contributed by atoms with Gasteiger partial charge in [-0.05, 0) is 5.92 Å². The SMILES string of the molecule is COC(=O)CC(C)C(C)(C)C=O. The Balaban J connectivity index is 4.11. The summed E-state index contributed by atoms with van der Waals surface area (Å²) in [5.74, 6) is -0.250. The molecule has 0 fully saturated rings. The van der Waals surface area contributed by atoms with Crippen molar-refractivity contribution >= 4 is 12.3 Å². The molecule has 0 aliphatic carbocycles. The van der Waals surface area contributed by atoms with Crippen LogP contribution in [0.25, 0.3) is 0 Å². The van der Waals surface area contributed by atoms with Gasteiger partial charge in [0.1, 0.15) is 6.29 Å². The van der Waals surface area contributed by atoms with E-state index in [1.165, 1.54) is 7.11 Å². The van der Waals surface area contributed by atoms with Gasteiger partial charge in [-0.15, -0.1) is 0 Å². The number of hydrogen-bond acceptors (Lipinski definition) is 3. The van der Waals surface area contributed by atoms with Crippen molar-refractivity contribution in [2.24, 2.45) is 11.3 Å². The Bertz CT molecular complexity index is 173. The zero-order chi connectivity index (χ0) is 9.78. The average Bonchev–Trinajstić information content (AvgIpc) is 2.04. The van der Waals surface area contributed by atoms with Crippen molar-refractivity contribution in [2.45, 2.75) is 27.2 Å². The molecule has 3 heteroatoms. The van der Waals surface area contributed by atoms with E-state index in [1.54, 1.807) is 0 Å². The first kappa shape index (κ1) is 11.1. The summed E-state index contributed by atoms with van der Waals surface area (Å²) in [6.07, 6.45) is 1.17. The second-order valence-corrected chi connectivity index (χ2v) is 3.62. The van der Waals surface area contributed by atoms with Gasteiger partial charge in [0.15, 0.2) is 0 Å². The summed E-state index contributed by atoms with van der Waals surface area (Å²) in [4.78, 5) is 21.4. The Morgan fingerprint density at radius 3 is 2.42 bits per heavy atom. The van der Waals surface area contributed by atoms with Gasteiger partial charge in [0, 0.05) is 11.8 Å². The summed E-state index contributed by atoms with van der Waals surface area (Å²) in [6, 6.07) is 0. The van der Waals surface area contributed by atoms with Crippen molar-refractivity contribution in [3.8, 4) is 0 Å². The maximum absolute atomic E-state index is 10.8. The normalized spacial score (nSPS) is 13.7. The minimum atomic E-state index is -0.450. The fraction of sp³-hybridized carbons (Fsp3) is 0.778. The minimum Gasteiger partial charge on any atom is -0.469 e. The van der Waals surface area contributed by atoms with Gasteiger partial charge in [0.05, 0.1) is 7.11 Å². The van der Waals surface area contributed by atoms with E-state index < -0.39 is 5.41 Å². The smallest absolute Gasteiger partial charge is 0.305 e. The first-order valence-electron chi connectivity index (χ1n) is 3.97. The molecule has 0 aromatic carbocycles. The number of ether oxygens (including phenoxy) is 1. The Labute approximate surface area is 73.1 Å². The van der Waals surface area contributed by atoms with Gasteiger partial charge in [-0.2, -0.15) is 0 Å². The van der Waals surface area contributed by atoms with E-state index in [4.69, 9.17) is 0 Å². The third-order valence-corrected chi connectivity index (χ3v) is 2.27. The van der Waals surface area contributed by atoms with Gasteiger partial charge >= 0.3 is 5.97 Å². The monoisotopic (exact) mass is 172 g/mol. The molecule has 0 aromatic heterocycles. The van der Waals surface area contributed by atoms with E-state index in [9.17, 15) is 9.59 Å². The lowest BCUT2D eigenvalue weighted by molar-refractivity contribution is -0.142. The molecule has 0 bridgehead atoms. The van der Waals surface area contributed by atoms with Crippen LogP contribution in [0, 0.1) is 11.3 Å². The van der Waals surface area contributed by atoms with E-state index in [1.807, 2.05) is 20.8 Å². The van der Waals surface area contributed by atoms with Gasteiger partial charge < -0.3 is 9.53 Å². The van der Waals surface area contributed by atoms with E-state index in [0.717, 1.165) is 6.29 Å². The van der Waals surface area contributed by atoms with E-state index >= 15 is 0 Å². The molecular formula is C9H16O3. The van der Waals surface area contributed by atoms with Crippen molar-refractivity contribution in [1.82, 2.24) is 0 Å². The third-order valence-electron chi connectivity index (χ3n) is 2.27. The predicted octanol–water partition coefficient (Wildman–Crippen LogP) is 1.41. The summed E-state index contributed by atoms with van der Waals surface area (Å²) in [6.45, 7) is 5.49. The number of rotatable bonds is 4. The molecule has 12 heavy (non-hydrogen) atoms. The van der Waals surface area contributed by atoms with Gasteiger partial charge in [0.2, 0.25) is 0 Å². The second kappa shape index (κ2) is 4.24. The topological polar surface area (TPSA) is 43.4 Å². The zero-order valence-electron chi connectivity index (χ0n) is 8.09. The largest absolute Gasteiger partial charge is 0.469 e. The number of carbonyl (C=O) groups is 2. The first-order chi connectivity index (χ1) is 5.44. The van der Waals surface area contributed by atoms with Crippen LogP contribution in [0.15, 0.2) is 0 Å². The van der Waals surface area contributed by atoms with Gasteiger partial charge in [-0.25, -0.2) is 0 Å². The van der Waals surface area contributed by atoms with Crippen molar-refractivity contribution in [3.05, 3.63) is 0 Å².